The Labute approximate surface area is 76.6 Å². The molecule has 1 heterocycles. The average molecular weight is 183 g/mol. The molecule has 5 heteroatoms. The van der Waals surface area contributed by atoms with Gasteiger partial charge in [-0.2, -0.15) is 5.10 Å². The van der Waals surface area contributed by atoms with Crippen LogP contribution in [0.1, 0.15) is 10.5 Å². The monoisotopic (exact) mass is 183 g/mol. The zero-order valence-corrected chi connectivity index (χ0v) is 7.77. The zero-order chi connectivity index (χ0) is 9.84. The Morgan fingerprint density at radius 2 is 2.38 bits per heavy atom. The van der Waals surface area contributed by atoms with Crippen molar-refractivity contribution in [3.05, 3.63) is 18.0 Å². The van der Waals surface area contributed by atoms with Crippen molar-refractivity contribution in [1.29, 1.82) is 0 Å². The number of carboxylic acids is 1. The van der Waals surface area contributed by atoms with E-state index < -0.39 is 5.97 Å². The Morgan fingerprint density at radius 1 is 1.69 bits per heavy atom. The van der Waals surface area contributed by atoms with E-state index >= 15 is 0 Å². The first kappa shape index (κ1) is 9.73. The molecule has 0 amide bonds. The summed E-state index contributed by atoms with van der Waals surface area (Å²) in [6.07, 6.45) is 1.67. The molecule has 0 radical (unpaired) electrons. The van der Waals surface area contributed by atoms with Gasteiger partial charge in [-0.3, -0.25) is 4.68 Å². The third kappa shape index (κ3) is 2.87. The van der Waals surface area contributed by atoms with E-state index in [0.29, 0.717) is 6.54 Å². The van der Waals surface area contributed by atoms with Crippen LogP contribution in [0.2, 0.25) is 0 Å². The molecule has 1 aromatic heterocycles. The van der Waals surface area contributed by atoms with Gasteiger partial charge in [-0.15, -0.1) is 0 Å². The molecule has 13 heavy (non-hydrogen) atoms. The molecule has 1 rings (SSSR count). The molecule has 72 valence electrons. The molecule has 0 aliphatic heterocycles. The molecule has 0 unspecified atom stereocenters. The second-order valence-electron chi connectivity index (χ2n) is 3.07. The van der Waals surface area contributed by atoms with Crippen LogP contribution in [0, 0.1) is 0 Å². The number of nitrogens with zero attached hydrogens (tertiary/aromatic N) is 3. The van der Waals surface area contributed by atoms with Crippen molar-refractivity contribution >= 4 is 5.97 Å². The third-order valence-corrected chi connectivity index (χ3v) is 1.64. The van der Waals surface area contributed by atoms with Gasteiger partial charge in [0.25, 0.3) is 0 Å². The molecule has 0 saturated carbocycles. The maximum atomic E-state index is 10.5. The molecular formula is C8H13N3O2. The van der Waals surface area contributed by atoms with Gasteiger partial charge in [-0.05, 0) is 20.2 Å². The number of carbonyl (C=O) groups is 1. The van der Waals surface area contributed by atoms with Crippen molar-refractivity contribution in [3.8, 4) is 0 Å². The number of aromatic carboxylic acids is 1. The van der Waals surface area contributed by atoms with Crippen LogP contribution in [-0.4, -0.2) is 46.4 Å². The molecule has 0 aliphatic rings. The summed E-state index contributed by atoms with van der Waals surface area (Å²) in [4.78, 5) is 12.5. The summed E-state index contributed by atoms with van der Waals surface area (Å²) in [5, 5.41) is 12.5. The normalized spacial score (nSPS) is 10.7. The number of carboxylic acid groups (broad SMARTS) is 1. The van der Waals surface area contributed by atoms with Crippen LogP contribution in [0.25, 0.3) is 0 Å². The molecule has 0 bridgehead atoms. The molecule has 1 aromatic rings. The van der Waals surface area contributed by atoms with Crippen LogP contribution >= 0.6 is 0 Å². The van der Waals surface area contributed by atoms with Crippen molar-refractivity contribution in [1.82, 2.24) is 14.7 Å². The summed E-state index contributed by atoms with van der Waals surface area (Å²) >= 11 is 0. The number of likely N-dealkylation sites (N-methyl/N-ethyl adjacent to an activating group) is 1. The summed E-state index contributed by atoms with van der Waals surface area (Å²) in [6.45, 7) is 1.56. The topological polar surface area (TPSA) is 58.4 Å². The number of hydrogen-bond acceptors (Lipinski definition) is 3. The minimum Gasteiger partial charge on any atom is -0.476 e. The lowest BCUT2D eigenvalue weighted by molar-refractivity contribution is 0.0689. The van der Waals surface area contributed by atoms with E-state index in [1.807, 2.05) is 19.0 Å². The molecule has 0 atom stereocenters. The van der Waals surface area contributed by atoms with E-state index in [-0.39, 0.29) is 5.69 Å². The molecule has 0 saturated heterocycles. The Kier molecular flexibility index (Phi) is 3.02. The highest BCUT2D eigenvalue weighted by Crippen LogP contribution is 1.95. The molecule has 0 fully saturated rings. The maximum Gasteiger partial charge on any atom is 0.356 e. The molecule has 0 spiro atoms. The minimum atomic E-state index is -0.983. The van der Waals surface area contributed by atoms with Gasteiger partial charge < -0.3 is 10.0 Å². The highest BCUT2D eigenvalue weighted by Gasteiger charge is 2.05. The van der Waals surface area contributed by atoms with Crippen LogP contribution in [-0.2, 0) is 6.54 Å². The van der Waals surface area contributed by atoms with E-state index in [9.17, 15) is 4.79 Å². The van der Waals surface area contributed by atoms with Crippen LogP contribution in [0.3, 0.4) is 0 Å². The molecule has 1 N–H and O–H groups in total. The van der Waals surface area contributed by atoms with E-state index in [0.717, 1.165) is 6.54 Å². The highest BCUT2D eigenvalue weighted by molar-refractivity contribution is 5.84. The first-order valence-corrected chi connectivity index (χ1v) is 4.01. The predicted octanol–water partition coefficient (Wildman–Crippen LogP) is 0.143. The van der Waals surface area contributed by atoms with Crippen molar-refractivity contribution < 1.29 is 9.90 Å². The van der Waals surface area contributed by atoms with Gasteiger partial charge in [0.15, 0.2) is 5.69 Å². The Hall–Kier alpha value is -1.36. The van der Waals surface area contributed by atoms with E-state index in [1.165, 1.54) is 6.07 Å². The number of rotatable bonds is 4. The van der Waals surface area contributed by atoms with Crippen LogP contribution in [0.5, 0.6) is 0 Å². The van der Waals surface area contributed by atoms with E-state index in [4.69, 9.17) is 5.11 Å². The SMILES string of the molecule is CN(C)CCn1ccc(C(=O)O)n1. The maximum absolute atomic E-state index is 10.5. The average Bonchev–Trinajstić information content (AvgIpc) is 2.48. The largest absolute Gasteiger partial charge is 0.476 e. The fraction of sp³-hybridized carbons (Fsp3) is 0.500. The Balaban J connectivity index is 2.54. The van der Waals surface area contributed by atoms with Gasteiger partial charge in [0.2, 0.25) is 0 Å². The first-order valence-electron chi connectivity index (χ1n) is 4.01. The van der Waals surface area contributed by atoms with Crippen LogP contribution < -0.4 is 0 Å². The highest BCUT2D eigenvalue weighted by atomic mass is 16.4. The van der Waals surface area contributed by atoms with Gasteiger partial charge in [0.05, 0.1) is 6.54 Å². The Morgan fingerprint density at radius 3 is 2.85 bits per heavy atom. The molecule has 0 aromatic carbocycles. The first-order chi connectivity index (χ1) is 6.09. The van der Waals surface area contributed by atoms with E-state index in [1.54, 1.807) is 10.9 Å². The summed E-state index contributed by atoms with van der Waals surface area (Å²) in [5.74, 6) is -0.983. The molecule has 5 nitrogen and oxygen atoms in total. The van der Waals surface area contributed by atoms with Crippen molar-refractivity contribution in [3.63, 3.8) is 0 Å². The standard InChI is InChI=1S/C8H13N3O2/c1-10(2)5-6-11-4-3-7(9-11)8(12)13/h3-4H,5-6H2,1-2H3,(H,12,13). The van der Waals surface area contributed by atoms with Gasteiger partial charge in [0.1, 0.15) is 0 Å². The fourth-order valence-electron chi connectivity index (χ4n) is 0.903. The summed E-state index contributed by atoms with van der Waals surface area (Å²) < 4.78 is 1.63. The lowest BCUT2D eigenvalue weighted by atomic mass is 10.5. The van der Waals surface area contributed by atoms with Crippen LogP contribution in [0.15, 0.2) is 12.3 Å². The number of hydrogen-bond donors (Lipinski definition) is 1. The van der Waals surface area contributed by atoms with Crippen molar-refractivity contribution in [2.24, 2.45) is 0 Å². The van der Waals surface area contributed by atoms with E-state index in [2.05, 4.69) is 5.10 Å². The second-order valence-corrected chi connectivity index (χ2v) is 3.07. The van der Waals surface area contributed by atoms with Gasteiger partial charge >= 0.3 is 5.97 Å². The van der Waals surface area contributed by atoms with Crippen molar-refractivity contribution in [2.45, 2.75) is 6.54 Å². The summed E-state index contributed by atoms with van der Waals surface area (Å²) in [7, 11) is 3.92. The lowest BCUT2D eigenvalue weighted by Gasteiger charge is -2.08. The van der Waals surface area contributed by atoms with Crippen LogP contribution in [0.4, 0.5) is 0 Å². The summed E-state index contributed by atoms with van der Waals surface area (Å²) in [5.41, 5.74) is 0.0961. The minimum absolute atomic E-state index is 0.0961. The zero-order valence-electron chi connectivity index (χ0n) is 7.77. The third-order valence-electron chi connectivity index (χ3n) is 1.64. The molecule has 0 aliphatic carbocycles. The number of aromatic nitrogens is 2. The fourth-order valence-corrected chi connectivity index (χ4v) is 0.903. The molecular weight excluding hydrogens is 170 g/mol. The quantitative estimate of drug-likeness (QED) is 0.721. The van der Waals surface area contributed by atoms with Gasteiger partial charge in [0, 0.05) is 12.7 Å². The van der Waals surface area contributed by atoms with Gasteiger partial charge in [-0.1, -0.05) is 0 Å². The second kappa shape index (κ2) is 4.04. The lowest BCUT2D eigenvalue weighted by Crippen LogP contribution is -2.18. The van der Waals surface area contributed by atoms with Gasteiger partial charge in [-0.25, -0.2) is 4.79 Å². The smallest absolute Gasteiger partial charge is 0.356 e. The van der Waals surface area contributed by atoms with Crippen molar-refractivity contribution in [2.75, 3.05) is 20.6 Å². The summed E-state index contributed by atoms with van der Waals surface area (Å²) in [6, 6.07) is 1.50. The predicted molar refractivity (Wildman–Crippen MR) is 47.7 cm³/mol. The Bertz CT molecular complexity index is 293.